The zero-order valence-electron chi connectivity index (χ0n) is 13.0. The van der Waals surface area contributed by atoms with Crippen molar-refractivity contribution >= 4 is 0 Å². The van der Waals surface area contributed by atoms with E-state index < -0.39 is 0 Å². The molecule has 0 aliphatic heterocycles. The van der Waals surface area contributed by atoms with Gasteiger partial charge in [0.25, 0.3) is 5.56 Å². The summed E-state index contributed by atoms with van der Waals surface area (Å²) in [5, 5.41) is 0. The molecule has 0 aliphatic carbocycles. The fourth-order valence-corrected chi connectivity index (χ4v) is 2.66. The fraction of sp³-hybridized carbons (Fsp3) is 0.158. The summed E-state index contributed by atoms with van der Waals surface area (Å²) in [4.78, 5) is 26.7. The third-order valence-electron chi connectivity index (χ3n) is 3.96. The smallest absolute Gasteiger partial charge is 0.293 e. The third kappa shape index (κ3) is 3.31. The van der Waals surface area contributed by atoms with Crippen LogP contribution in [-0.4, -0.2) is 9.55 Å². The van der Waals surface area contributed by atoms with Crippen molar-refractivity contribution in [2.45, 2.75) is 19.9 Å². The molecule has 4 heteroatoms. The van der Waals surface area contributed by atoms with Crippen LogP contribution in [0.1, 0.15) is 22.4 Å². The minimum absolute atomic E-state index is 0.315. The van der Waals surface area contributed by atoms with Crippen LogP contribution >= 0.6 is 0 Å². The van der Waals surface area contributed by atoms with Crippen LogP contribution in [0.15, 0.2) is 70.3 Å². The number of aromatic nitrogens is 2. The van der Waals surface area contributed by atoms with E-state index in [2.05, 4.69) is 4.98 Å². The molecule has 1 aromatic heterocycles. The van der Waals surface area contributed by atoms with Gasteiger partial charge in [0.05, 0.1) is 6.54 Å². The Labute approximate surface area is 134 Å². The van der Waals surface area contributed by atoms with Gasteiger partial charge in [-0.1, -0.05) is 60.7 Å². The van der Waals surface area contributed by atoms with E-state index in [0.29, 0.717) is 18.5 Å². The van der Waals surface area contributed by atoms with E-state index in [0.717, 1.165) is 16.8 Å². The van der Waals surface area contributed by atoms with Gasteiger partial charge < -0.3 is 0 Å². The first-order valence-corrected chi connectivity index (χ1v) is 7.55. The molecule has 116 valence electrons. The van der Waals surface area contributed by atoms with Crippen molar-refractivity contribution < 1.29 is 0 Å². The molecular formula is C19H18N2O2. The normalized spacial score (nSPS) is 10.7. The largest absolute Gasteiger partial charge is 0.328 e. The Morgan fingerprint density at radius 1 is 0.870 bits per heavy atom. The topological polar surface area (TPSA) is 54.9 Å². The molecule has 0 spiro atoms. The number of nitrogens with one attached hydrogen (secondary N) is 1. The average molecular weight is 306 g/mol. The number of nitrogens with zero attached hydrogens (tertiary/aromatic N) is 1. The van der Waals surface area contributed by atoms with Crippen LogP contribution < -0.4 is 11.2 Å². The second-order valence-electron chi connectivity index (χ2n) is 5.57. The number of hydrogen-bond acceptors (Lipinski definition) is 2. The van der Waals surface area contributed by atoms with E-state index in [4.69, 9.17) is 0 Å². The molecule has 0 bridgehead atoms. The van der Waals surface area contributed by atoms with Gasteiger partial charge in [0.15, 0.2) is 0 Å². The third-order valence-corrected chi connectivity index (χ3v) is 3.96. The molecule has 0 saturated carbocycles. The highest BCUT2D eigenvalue weighted by molar-refractivity contribution is 5.27. The van der Waals surface area contributed by atoms with Gasteiger partial charge in [0, 0.05) is 17.7 Å². The predicted molar refractivity (Wildman–Crippen MR) is 90.9 cm³/mol. The van der Waals surface area contributed by atoms with Crippen molar-refractivity contribution in [3.63, 3.8) is 0 Å². The first-order chi connectivity index (χ1) is 11.1. The molecule has 0 aliphatic rings. The Morgan fingerprint density at radius 3 is 2.04 bits per heavy atom. The first-order valence-electron chi connectivity index (χ1n) is 7.55. The Kier molecular flexibility index (Phi) is 4.24. The maximum Gasteiger partial charge on any atom is 0.328 e. The van der Waals surface area contributed by atoms with Gasteiger partial charge >= 0.3 is 5.69 Å². The number of H-pyrrole nitrogens is 1. The molecule has 4 nitrogen and oxygen atoms in total. The van der Waals surface area contributed by atoms with Crippen LogP contribution in [0.4, 0.5) is 0 Å². The van der Waals surface area contributed by atoms with E-state index in [1.807, 2.05) is 60.7 Å². The lowest BCUT2D eigenvalue weighted by molar-refractivity contribution is 0.671. The molecule has 0 unspecified atom stereocenters. The van der Waals surface area contributed by atoms with Crippen molar-refractivity contribution in [1.82, 2.24) is 9.55 Å². The van der Waals surface area contributed by atoms with Crippen molar-refractivity contribution in [3.05, 3.63) is 104 Å². The highest BCUT2D eigenvalue weighted by atomic mass is 16.2. The molecule has 1 heterocycles. The van der Waals surface area contributed by atoms with Crippen molar-refractivity contribution in [1.29, 1.82) is 0 Å². The quantitative estimate of drug-likeness (QED) is 0.805. The van der Waals surface area contributed by atoms with Crippen LogP contribution in [0.2, 0.25) is 0 Å². The summed E-state index contributed by atoms with van der Waals surface area (Å²) in [6.45, 7) is 2.21. The van der Waals surface area contributed by atoms with Gasteiger partial charge in [0.1, 0.15) is 0 Å². The summed E-state index contributed by atoms with van der Waals surface area (Å²) in [5.41, 5.74) is 2.76. The van der Waals surface area contributed by atoms with Gasteiger partial charge in [-0.25, -0.2) is 4.79 Å². The lowest BCUT2D eigenvalue weighted by Crippen LogP contribution is -2.35. The number of rotatable bonds is 4. The highest BCUT2D eigenvalue weighted by Crippen LogP contribution is 2.11. The van der Waals surface area contributed by atoms with E-state index in [9.17, 15) is 9.59 Å². The molecule has 0 radical (unpaired) electrons. The Morgan fingerprint density at radius 2 is 1.43 bits per heavy atom. The SMILES string of the molecule is Cc1c(Cc2ccccc2)n(Cc2ccccc2)c(=O)[nH]c1=O. The zero-order chi connectivity index (χ0) is 16.2. The summed E-state index contributed by atoms with van der Waals surface area (Å²) in [5.74, 6) is 0. The van der Waals surface area contributed by atoms with Crippen LogP contribution in [0, 0.1) is 6.92 Å². The predicted octanol–water partition coefficient (Wildman–Crippen LogP) is 2.48. The standard InChI is InChI=1S/C19H18N2O2/c1-14-17(12-15-8-4-2-5-9-15)21(19(23)20-18(14)22)13-16-10-6-3-7-11-16/h2-11H,12-13H2,1H3,(H,20,22,23). The van der Waals surface area contributed by atoms with Gasteiger partial charge in [-0.2, -0.15) is 0 Å². The van der Waals surface area contributed by atoms with E-state index >= 15 is 0 Å². The Bertz CT molecular complexity index is 910. The van der Waals surface area contributed by atoms with Gasteiger partial charge in [-0.3, -0.25) is 14.3 Å². The molecular weight excluding hydrogens is 288 g/mol. The van der Waals surface area contributed by atoms with Crippen LogP contribution in [-0.2, 0) is 13.0 Å². The average Bonchev–Trinajstić information content (AvgIpc) is 2.58. The van der Waals surface area contributed by atoms with Gasteiger partial charge in [-0.15, -0.1) is 0 Å². The molecule has 1 N–H and O–H groups in total. The van der Waals surface area contributed by atoms with Crippen LogP contribution in [0.25, 0.3) is 0 Å². The molecule has 3 aromatic rings. The van der Waals surface area contributed by atoms with Crippen molar-refractivity contribution in [2.24, 2.45) is 0 Å². The van der Waals surface area contributed by atoms with Crippen LogP contribution in [0.3, 0.4) is 0 Å². The van der Waals surface area contributed by atoms with Gasteiger partial charge in [-0.05, 0) is 18.1 Å². The lowest BCUT2D eigenvalue weighted by atomic mass is 10.1. The van der Waals surface area contributed by atoms with Crippen molar-refractivity contribution in [2.75, 3.05) is 0 Å². The molecule has 2 aromatic carbocycles. The maximum absolute atomic E-state index is 12.3. The minimum atomic E-state index is -0.365. The van der Waals surface area contributed by atoms with E-state index in [-0.39, 0.29) is 11.2 Å². The monoisotopic (exact) mass is 306 g/mol. The molecule has 3 rings (SSSR count). The highest BCUT2D eigenvalue weighted by Gasteiger charge is 2.12. The minimum Gasteiger partial charge on any atom is -0.293 e. The molecule has 0 saturated heterocycles. The number of benzene rings is 2. The molecule has 0 fully saturated rings. The fourth-order valence-electron chi connectivity index (χ4n) is 2.66. The van der Waals surface area contributed by atoms with Crippen LogP contribution in [0.5, 0.6) is 0 Å². The lowest BCUT2D eigenvalue weighted by Gasteiger charge is -2.15. The molecule has 23 heavy (non-hydrogen) atoms. The summed E-state index contributed by atoms with van der Waals surface area (Å²) in [7, 11) is 0. The maximum atomic E-state index is 12.3. The number of aromatic amines is 1. The number of hydrogen-bond donors (Lipinski definition) is 1. The zero-order valence-corrected chi connectivity index (χ0v) is 13.0. The molecule has 0 atom stereocenters. The second kappa shape index (κ2) is 6.48. The summed E-state index contributed by atoms with van der Waals surface area (Å²) >= 11 is 0. The van der Waals surface area contributed by atoms with Gasteiger partial charge in [0.2, 0.25) is 0 Å². The van der Waals surface area contributed by atoms with E-state index in [1.165, 1.54) is 0 Å². The first kappa shape index (κ1) is 15.0. The summed E-state index contributed by atoms with van der Waals surface area (Å²) in [6, 6.07) is 19.6. The Hall–Kier alpha value is -2.88. The second-order valence-corrected chi connectivity index (χ2v) is 5.57. The van der Waals surface area contributed by atoms with E-state index in [1.54, 1.807) is 11.5 Å². The summed E-state index contributed by atoms with van der Waals surface area (Å²) in [6.07, 6.45) is 0.554. The Balaban J connectivity index is 2.09. The summed E-state index contributed by atoms with van der Waals surface area (Å²) < 4.78 is 1.65. The molecule has 0 amide bonds. The van der Waals surface area contributed by atoms with Crippen molar-refractivity contribution in [3.8, 4) is 0 Å².